The maximum atomic E-state index is 12.7. The minimum Gasteiger partial charge on any atom is -0.466 e. The van der Waals surface area contributed by atoms with Crippen LogP contribution in [0.5, 0.6) is 0 Å². The fraction of sp³-hybridized carbons (Fsp3) is 0.368. The Balaban J connectivity index is 1.81. The summed E-state index contributed by atoms with van der Waals surface area (Å²) in [6.07, 6.45) is 2.36. The minimum absolute atomic E-state index is 0.00986. The lowest BCUT2D eigenvalue weighted by molar-refractivity contribution is -0.146. The van der Waals surface area contributed by atoms with Crippen molar-refractivity contribution in [1.29, 1.82) is 0 Å². The van der Waals surface area contributed by atoms with Crippen LogP contribution in [0.15, 0.2) is 48.7 Å². The molecule has 1 amide bonds. The van der Waals surface area contributed by atoms with E-state index in [1.807, 2.05) is 47.5 Å². The SMILES string of the molecule is CCOC(=O)CCC(=O)N1CCn2cccc2C1c1ccccc1. The number of fused-ring (bicyclic) bond motifs is 1. The van der Waals surface area contributed by atoms with Crippen LogP contribution in [0.3, 0.4) is 0 Å². The van der Waals surface area contributed by atoms with E-state index in [0.717, 1.165) is 17.8 Å². The van der Waals surface area contributed by atoms with Crippen LogP contribution in [0, 0.1) is 0 Å². The summed E-state index contributed by atoms with van der Waals surface area (Å²) >= 11 is 0. The van der Waals surface area contributed by atoms with Gasteiger partial charge >= 0.3 is 5.97 Å². The fourth-order valence-electron chi connectivity index (χ4n) is 3.22. The van der Waals surface area contributed by atoms with Crippen molar-refractivity contribution in [3.63, 3.8) is 0 Å². The smallest absolute Gasteiger partial charge is 0.306 e. The first-order valence-electron chi connectivity index (χ1n) is 8.35. The lowest BCUT2D eigenvalue weighted by Gasteiger charge is -2.37. The van der Waals surface area contributed by atoms with Gasteiger partial charge in [-0.05, 0) is 24.6 Å². The van der Waals surface area contributed by atoms with E-state index in [1.165, 1.54) is 0 Å². The maximum Gasteiger partial charge on any atom is 0.306 e. The van der Waals surface area contributed by atoms with Gasteiger partial charge in [-0.1, -0.05) is 30.3 Å². The highest BCUT2D eigenvalue weighted by Crippen LogP contribution is 2.32. The van der Waals surface area contributed by atoms with Crippen LogP contribution in [0.1, 0.15) is 37.1 Å². The molecule has 0 saturated carbocycles. The maximum absolute atomic E-state index is 12.7. The number of hydrogen-bond acceptors (Lipinski definition) is 3. The van der Waals surface area contributed by atoms with Crippen molar-refractivity contribution in [2.75, 3.05) is 13.2 Å². The molecule has 0 fully saturated rings. The standard InChI is InChI=1S/C19H22N2O3/c1-2-24-18(23)11-10-17(22)21-14-13-20-12-6-9-16(20)19(21)15-7-4-3-5-8-15/h3-9,12,19H,2,10-11,13-14H2,1H3. The lowest BCUT2D eigenvalue weighted by atomic mass is 9.99. The van der Waals surface area contributed by atoms with Crippen LogP contribution >= 0.6 is 0 Å². The van der Waals surface area contributed by atoms with Crippen molar-refractivity contribution in [3.05, 3.63) is 59.9 Å². The number of aromatic nitrogens is 1. The monoisotopic (exact) mass is 326 g/mol. The molecule has 1 aromatic carbocycles. The zero-order valence-electron chi connectivity index (χ0n) is 13.9. The molecule has 0 aliphatic carbocycles. The van der Waals surface area contributed by atoms with E-state index in [1.54, 1.807) is 6.92 Å². The fourth-order valence-corrected chi connectivity index (χ4v) is 3.22. The zero-order chi connectivity index (χ0) is 16.9. The molecule has 3 rings (SSSR count). The van der Waals surface area contributed by atoms with Crippen LogP contribution in [0.4, 0.5) is 0 Å². The van der Waals surface area contributed by atoms with Gasteiger partial charge in [0.1, 0.15) is 0 Å². The van der Waals surface area contributed by atoms with E-state index < -0.39 is 0 Å². The van der Waals surface area contributed by atoms with Crippen LogP contribution in [0.2, 0.25) is 0 Å². The number of benzene rings is 1. The van der Waals surface area contributed by atoms with Gasteiger partial charge in [-0.15, -0.1) is 0 Å². The molecule has 1 unspecified atom stereocenters. The highest BCUT2D eigenvalue weighted by atomic mass is 16.5. The molecular weight excluding hydrogens is 304 g/mol. The average molecular weight is 326 g/mol. The summed E-state index contributed by atoms with van der Waals surface area (Å²) < 4.78 is 7.11. The van der Waals surface area contributed by atoms with Crippen LogP contribution < -0.4 is 0 Å². The molecule has 1 aliphatic heterocycles. The van der Waals surface area contributed by atoms with Gasteiger partial charge in [0.2, 0.25) is 5.91 Å². The molecule has 126 valence electrons. The first kappa shape index (κ1) is 16.3. The first-order chi connectivity index (χ1) is 11.7. The quantitative estimate of drug-likeness (QED) is 0.794. The van der Waals surface area contributed by atoms with Gasteiger partial charge in [-0.3, -0.25) is 9.59 Å². The first-order valence-corrected chi connectivity index (χ1v) is 8.35. The Morgan fingerprint density at radius 2 is 1.88 bits per heavy atom. The van der Waals surface area contributed by atoms with Crippen LogP contribution in [-0.4, -0.2) is 34.5 Å². The van der Waals surface area contributed by atoms with Gasteiger partial charge in [-0.25, -0.2) is 0 Å². The third-order valence-corrected chi connectivity index (χ3v) is 4.32. The van der Waals surface area contributed by atoms with E-state index >= 15 is 0 Å². The average Bonchev–Trinajstić information content (AvgIpc) is 3.08. The normalized spacial score (nSPS) is 16.5. The van der Waals surface area contributed by atoms with Gasteiger partial charge in [0.05, 0.1) is 19.1 Å². The topological polar surface area (TPSA) is 51.5 Å². The van der Waals surface area contributed by atoms with E-state index in [0.29, 0.717) is 13.2 Å². The molecule has 0 radical (unpaired) electrons. The van der Waals surface area contributed by atoms with Crippen LogP contribution in [-0.2, 0) is 20.9 Å². The van der Waals surface area contributed by atoms with Crippen LogP contribution in [0.25, 0.3) is 0 Å². The molecular formula is C19H22N2O3. The highest BCUT2D eigenvalue weighted by Gasteiger charge is 2.31. The summed E-state index contributed by atoms with van der Waals surface area (Å²) in [6.45, 7) is 3.53. The molecule has 0 bridgehead atoms. The Hall–Kier alpha value is -2.56. The number of hydrogen-bond donors (Lipinski definition) is 0. The summed E-state index contributed by atoms with van der Waals surface area (Å²) in [5.74, 6) is -0.327. The Morgan fingerprint density at radius 3 is 2.62 bits per heavy atom. The molecule has 5 heteroatoms. The lowest BCUT2D eigenvalue weighted by Crippen LogP contribution is -2.42. The van der Waals surface area contributed by atoms with Gasteiger partial charge in [-0.2, -0.15) is 0 Å². The highest BCUT2D eigenvalue weighted by molar-refractivity contribution is 5.82. The molecule has 1 aliphatic rings. The zero-order valence-corrected chi connectivity index (χ0v) is 13.9. The molecule has 0 saturated heterocycles. The van der Waals surface area contributed by atoms with Gasteiger partial charge in [0.15, 0.2) is 0 Å². The van der Waals surface area contributed by atoms with Crippen molar-refractivity contribution >= 4 is 11.9 Å². The van der Waals surface area contributed by atoms with Crippen molar-refractivity contribution < 1.29 is 14.3 Å². The second-order valence-corrected chi connectivity index (χ2v) is 5.83. The summed E-state index contributed by atoms with van der Waals surface area (Å²) in [6, 6.07) is 14.0. The number of nitrogens with zero attached hydrogens (tertiary/aromatic N) is 2. The van der Waals surface area contributed by atoms with Crippen molar-refractivity contribution in [2.24, 2.45) is 0 Å². The predicted molar refractivity (Wildman–Crippen MR) is 90.3 cm³/mol. The largest absolute Gasteiger partial charge is 0.466 e. The minimum atomic E-state index is -0.317. The molecule has 1 atom stereocenters. The third kappa shape index (κ3) is 3.35. The molecule has 2 heterocycles. The number of carbonyl (C=O) groups is 2. The second-order valence-electron chi connectivity index (χ2n) is 5.83. The summed E-state index contributed by atoms with van der Waals surface area (Å²) in [5, 5.41) is 0. The van der Waals surface area contributed by atoms with E-state index in [9.17, 15) is 9.59 Å². The molecule has 2 aromatic rings. The number of rotatable bonds is 5. The Labute approximate surface area is 141 Å². The van der Waals surface area contributed by atoms with Gasteiger partial charge in [0.25, 0.3) is 0 Å². The summed E-state index contributed by atoms with van der Waals surface area (Å²) in [7, 11) is 0. The Kier molecular flexibility index (Phi) is 4.99. The third-order valence-electron chi connectivity index (χ3n) is 4.32. The molecule has 0 N–H and O–H groups in total. The molecule has 5 nitrogen and oxygen atoms in total. The summed E-state index contributed by atoms with van der Waals surface area (Å²) in [4.78, 5) is 26.2. The Morgan fingerprint density at radius 1 is 1.08 bits per heavy atom. The number of ether oxygens (including phenoxy) is 1. The van der Waals surface area contributed by atoms with Crippen molar-refractivity contribution in [2.45, 2.75) is 32.4 Å². The van der Waals surface area contributed by atoms with E-state index in [2.05, 4.69) is 10.6 Å². The molecule has 0 spiro atoms. The second kappa shape index (κ2) is 7.34. The molecule has 1 aromatic heterocycles. The summed E-state index contributed by atoms with van der Waals surface area (Å²) in [5.41, 5.74) is 2.19. The number of carbonyl (C=O) groups excluding carboxylic acids is 2. The van der Waals surface area contributed by atoms with E-state index in [4.69, 9.17) is 4.74 Å². The predicted octanol–water partition coefficient (Wildman–Crippen LogP) is 2.76. The Bertz CT molecular complexity index is 708. The van der Waals surface area contributed by atoms with E-state index in [-0.39, 0.29) is 30.8 Å². The van der Waals surface area contributed by atoms with Gasteiger partial charge < -0.3 is 14.2 Å². The van der Waals surface area contributed by atoms with Gasteiger partial charge in [0, 0.05) is 31.4 Å². The van der Waals surface area contributed by atoms with Crippen molar-refractivity contribution in [1.82, 2.24) is 9.47 Å². The molecule has 24 heavy (non-hydrogen) atoms. The number of esters is 1. The number of amides is 1. The van der Waals surface area contributed by atoms with Crippen molar-refractivity contribution in [3.8, 4) is 0 Å².